The minimum atomic E-state index is -1.61. The van der Waals surface area contributed by atoms with E-state index in [9.17, 15) is 14.4 Å². The lowest BCUT2D eigenvalue weighted by Gasteiger charge is -2.29. The summed E-state index contributed by atoms with van der Waals surface area (Å²) < 4.78 is 10.9. The fraction of sp³-hybridized carbons (Fsp3) is 0.227. The van der Waals surface area contributed by atoms with Gasteiger partial charge >= 0.3 is 11.9 Å². The van der Waals surface area contributed by atoms with Gasteiger partial charge in [0.1, 0.15) is 12.2 Å². The fourth-order valence-corrected chi connectivity index (χ4v) is 2.80. The third-order valence-corrected chi connectivity index (χ3v) is 4.93. The smallest absolute Gasteiger partial charge is 0.343 e. The number of hydrogen-bond acceptors (Lipinski definition) is 6. The average Bonchev–Trinajstić information content (AvgIpc) is 2.71. The van der Waals surface area contributed by atoms with E-state index in [1.165, 1.54) is 6.92 Å². The van der Waals surface area contributed by atoms with Crippen molar-refractivity contribution in [2.45, 2.75) is 32.0 Å². The van der Waals surface area contributed by atoms with Crippen LogP contribution in [0.2, 0.25) is 10.0 Å². The van der Waals surface area contributed by atoms with Crippen LogP contribution in [0.4, 0.5) is 0 Å². The number of benzene rings is 2. The van der Waals surface area contributed by atoms with Crippen molar-refractivity contribution in [1.82, 2.24) is 0 Å². The molecular formula is C22H21Cl2NO5. The maximum atomic E-state index is 12.7. The molecule has 0 saturated carbocycles. The number of ether oxygens (including phenoxy) is 2. The summed E-state index contributed by atoms with van der Waals surface area (Å²) >= 11 is 11.7. The van der Waals surface area contributed by atoms with Gasteiger partial charge in [0.2, 0.25) is 0 Å². The molecule has 0 fully saturated rings. The number of rotatable bonds is 8. The van der Waals surface area contributed by atoms with Crippen molar-refractivity contribution in [3.8, 4) is 0 Å². The second-order valence-corrected chi connectivity index (χ2v) is 7.42. The van der Waals surface area contributed by atoms with Gasteiger partial charge in [0.25, 0.3) is 5.79 Å². The quantitative estimate of drug-likeness (QED) is 0.209. The van der Waals surface area contributed by atoms with Gasteiger partial charge in [-0.05, 0) is 35.4 Å². The Morgan fingerprint density at radius 3 is 2.03 bits per heavy atom. The normalized spacial score (nSPS) is 14.3. The lowest BCUT2D eigenvalue weighted by atomic mass is 10.0. The minimum absolute atomic E-state index is 0.0760. The van der Waals surface area contributed by atoms with Crippen molar-refractivity contribution in [2.24, 2.45) is 5.73 Å². The summed E-state index contributed by atoms with van der Waals surface area (Å²) in [5.74, 6) is -4.43. The van der Waals surface area contributed by atoms with E-state index >= 15 is 0 Å². The van der Waals surface area contributed by atoms with Crippen LogP contribution in [0, 0.1) is 0 Å². The Balaban J connectivity index is 2.18. The molecular weight excluding hydrogens is 429 g/mol. The van der Waals surface area contributed by atoms with Crippen LogP contribution in [-0.4, -0.2) is 24.0 Å². The highest BCUT2D eigenvalue weighted by molar-refractivity contribution is 6.31. The predicted molar refractivity (Wildman–Crippen MR) is 115 cm³/mol. The molecule has 0 aliphatic heterocycles. The van der Waals surface area contributed by atoms with E-state index in [4.69, 9.17) is 38.4 Å². The molecule has 0 bridgehead atoms. The Bertz CT molecular complexity index is 941. The molecule has 2 N–H and O–H groups in total. The third kappa shape index (κ3) is 5.84. The molecule has 2 aromatic carbocycles. The van der Waals surface area contributed by atoms with Crippen molar-refractivity contribution < 1.29 is 23.9 Å². The Labute approximate surface area is 184 Å². The van der Waals surface area contributed by atoms with E-state index < -0.39 is 23.6 Å². The summed E-state index contributed by atoms with van der Waals surface area (Å²) in [6.45, 7) is 3.11. The largest absolute Gasteiger partial charge is 0.422 e. The highest BCUT2D eigenvalue weighted by Gasteiger charge is 2.35. The topological polar surface area (TPSA) is 95.7 Å². The Morgan fingerprint density at radius 2 is 1.57 bits per heavy atom. The van der Waals surface area contributed by atoms with Crippen LogP contribution in [-0.2, 0) is 23.9 Å². The molecule has 0 saturated heterocycles. The zero-order valence-corrected chi connectivity index (χ0v) is 17.9. The van der Waals surface area contributed by atoms with E-state index in [0.717, 1.165) is 6.20 Å². The molecule has 2 atom stereocenters. The molecule has 30 heavy (non-hydrogen) atoms. The maximum Gasteiger partial charge on any atom is 0.343 e. The molecule has 2 aromatic rings. The number of halogens is 2. The van der Waals surface area contributed by atoms with E-state index in [2.05, 4.69) is 0 Å². The summed E-state index contributed by atoms with van der Waals surface area (Å²) in [5.41, 5.74) is 6.58. The van der Waals surface area contributed by atoms with Gasteiger partial charge in [-0.1, -0.05) is 54.4 Å². The van der Waals surface area contributed by atoms with Gasteiger partial charge in [-0.25, -0.2) is 4.79 Å². The molecule has 2 unspecified atom stereocenters. The van der Waals surface area contributed by atoms with Gasteiger partial charge in [0, 0.05) is 29.6 Å². The monoisotopic (exact) mass is 449 g/mol. The molecule has 0 aliphatic carbocycles. The first-order valence-corrected chi connectivity index (χ1v) is 9.83. The van der Waals surface area contributed by atoms with E-state index in [1.54, 1.807) is 55.5 Å². The minimum Gasteiger partial charge on any atom is -0.422 e. The molecule has 0 radical (unpaired) electrons. The van der Waals surface area contributed by atoms with Crippen molar-refractivity contribution >= 4 is 47.0 Å². The molecule has 0 aromatic heterocycles. The average molecular weight is 450 g/mol. The number of carbonyl (C=O) groups excluding carboxylic acids is 3. The fourth-order valence-electron chi connectivity index (χ4n) is 2.54. The standard InChI is InChI=1S/C22H21Cl2NO5/c1-3-22(2,29-20(27)18(12-25)14-4-8-16(23)9-5-14)30-21(28)19(13-26)15-6-10-17(24)11-7-15/h4-13,19H,3,25H2,1-2H3/b18-12-. The second-order valence-electron chi connectivity index (χ2n) is 6.55. The van der Waals surface area contributed by atoms with Gasteiger partial charge in [-0.3, -0.25) is 4.79 Å². The zero-order chi connectivity index (χ0) is 22.3. The molecule has 158 valence electrons. The van der Waals surface area contributed by atoms with E-state index in [0.29, 0.717) is 27.5 Å². The van der Waals surface area contributed by atoms with Crippen LogP contribution in [0.1, 0.15) is 37.3 Å². The number of carbonyl (C=O) groups is 3. The summed E-state index contributed by atoms with van der Waals surface area (Å²) in [7, 11) is 0. The van der Waals surface area contributed by atoms with Crippen LogP contribution in [0.5, 0.6) is 0 Å². The molecule has 2 rings (SSSR count). The third-order valence-electron chi connectivity index (χ3n) is 4.43. The van der Waals surface area contributed by atoms with Gasteiger partial charge in [0.15, 0.2) is 0 Å². The maximum absolute atomic E-state index is 12.7. The lowest BCUT2D eigenvalue weighted by Crippen LogP contribution is -2.38. The SMILES string of the molecule is CCC(C)(OC(=O)/C(=C\N)c1ccc(Cl)cc1)OC(=O)C(C=O)c1ccc(Cl)cc1. The first kappa shape index (κ1) is 23.4. The molecule has 6 nitrogen and oxygen atoms in total. The molecule has 0 spiro atoms. The van der Waals surface area contributed by atoms with Crippen LogP contribution >= 0.6 is 23.2 Å². The lowest BCUT2D eigenvalue weighted by molar-refractivity contribution is -0.220. The summed E-state index contributed by atoms with van der Waals surface area (Å²) in [4.78, 5) is 36.8. The first-order valence-electron chi connectivity index (χ1n) is 9.07. The van der Waals surface area contributed by atoms with E-state index in [-0.39, 0.29) is 12.0 Å². The number of esters is 2. The molecule has 0 amide bonds. The van der Waals surface area contributed by atoms with Crippen molar-refractivity contribution in [3.05, 3.63) is 75.9 Å². The zero-order valence-electron chi connectivity index (χ0n) is 16.4. The summed E-state index contributed by atoms with van der Waals surface area (Å²) in [5, 5.41) is 0.963. The van der Waals surface area contributed by atoms with Gasteiger partial charge < -0.3 is 20.0 Å². The Morgan fingerprint density at radius 1 is 1.03 bits per heavy atom. The van der Waals surface area contributed by atoms with Gasteiger partial charge in [-0.2, -0.15) is 0 Å². The van der Waals surface area contributed by atoms with Crippen LogP contribution in [0.15, 0.2) is 54.7 Å². The van der Waals surface area contributed by atoms with Crippen LogP contribution in [0.3, 0.4) is 0 Å². The summed E-state index contributed by atoms with van der Waals surface area (Å²) in [6.07, 6.45) is 1.71. The predicted octanol–water partition coefficient (Wildman–Crippen LogP) is 4.49. The Hall–Kier alpha value is -2.83. The Kier molecular flexibility index (Phi) is 8.03. The number of hydrogen-bond donors (Lipinski definition) is 1. The first-order chi connectivity index (χ1) is 14.2. The molecule has 0 heterocycles. The second kappa shape index (κ2) is 10.3. The van der Waals surface area contributed by atoms with E-state index in [1.807, 2.05) is 0 Å². The molecule has 8 heteroatoms. The van der Waals surface area contributed by atoms with Crippen LogP contribution in [0.25, 0.3) is 5.57 Å². The van der Waals surface area contributed by atoms with Crippen LogP contribution < -0.4 is 5.73 Å². The molecule has 0 aliphatic rings. The van der Waals surface area contributed by atoms with Gasteiger partial charge in [-0.15, -0.1) is 0 Å². The van der Waals surface area contributed by atoms with Crippen molar-refractivity contribution in [1.29, 1.82) is 0 Å². The van der Waals surface area contributed by atoms with Crippen molar-refractivity contribution in [2.75, 3.05) is 0 Å². The summed E-state index contributed by atoms with van der Waals surface area (Å²) in [6, 6.07) is 12.7. The number of aldehydes is 1. The number of nitrogens with two attached hydrogens (primary N) is 1. The van der Waals surface area contributed by atoms with Crippen molar-refractivity contribution in [3.63, 3.8) is 0 Å². The highest BCUT2D eigenvalue weighted by Crippen LogP contribution is 2.27. The highest BCUT2D eigenvalue weighted by atomic mass is 35.5. The van der Waals surface area contributed by atoms with Gasteiger partial charge in [0.05, 0.1) is 5.57 Å².